The van der Waals surface area contributed by atoms with Crippen LogP contribution in [0.3, 0.4) is 0 Å². The lowest BCUT2D eigenvalue weighted by Gasteiger charge is -2.23. The highest BCUT2D eigenvalue weighted by molar-refractivity contribution is 8.00. The summed E-state index contributed by atoms with van der Waals surface area (Å²) < 4.78 is 43.1. The van der Waals surface area contributed by atoms with Gasteiger partial charge in [0.1, 0.15) is 11.9 Å². The average Bonchev–Trinajstić information content (AvgIpc) is 2.92. The minimum absolute atomic E-state index is 0.189. The topological polar surface area (TPSA) is 46.6 Å². The molecule has 1 aromatic rings. The molecular formula is C17H20F3NO3S. The Morgan fingerprint density at radius 2 is 1.96 bits per heavy atom. The summed E-state index contributed by atoms with van der Waals surface area (Å²) in [6.45, 7) is 2.16. The van der Waals surface area contributed by atoms with Gasteiger partial charge in [0.25, 0.3) is 0 Å². The number of nitrogens with zero attached hydrogens (tertiary/aromatic N) is 1. The van der Waals surface area contributed by atoms with Crippen LogP contribution in [-0.4, -0.2) is 35.7 Å². The van der Waals surface area contributed by atoms with E-state index in [4.69, 9.17) is 4.74 Å². The SMILES string of the molecule is CCCCCOC(=O)CN1C(=O)CSC1c1ccc(C(F)(F)F)cc1. The van der Waals surface area contributed by atoms with Crippen molar-refractivity contribution in [1.29, 1.82) is 0 Å². The van der Waals surface area contributed by atoms with Crippen molar-refractivity contribution >= 4 is 23.6 Å². The van der Waals surface area contributed by atoms with Gasteiger partial charge in [0.05, 0.1) is 17.9 Å². The molecule has 1 aromatic carbocycles. The molecule has 1 aliphatic heterocycles. The third-order valence-electron chi connectivity index (χ3n) is 3.80. The molecule has 138 valence electrons. The fourth-order valence-corrected chi connectivity index (χ4v) is 3.65. The molecule has 0 N–H and O–H groups in total. The minimum atomic E-state index is -4.40. The Kier molecular flexibility index (Phi) is 6.75. The minimum Gasteiger partial charge on any atom is -0.464 e. The summed E-state index contributed by atoms with van der Waals surface area (Å²) in [4.78, 5) is 25.3. The number of carbonyl (C=O) groups is 2. The molecule has 4 nitrogen and oxygen atoms in total. The lowest BCUT2D eigenvalue weighted by atomic mass is 10.1. The second kappa shape index (κ2) is 8.60. The number of amides is 1. The first-order valence-corrected chi connectivity index (χ1v) is 9.11. The molecule has 1 amide bonds. The lowest BCUT2D eigenvalue weighted by Crippen LogP contribution is -2.34. The molecule has 1 saturated heterocycles. The second-order valence-electron chi connectivity index (χ2n) is 5.73. The summed E-state index contributed by atoms with van der Waals surface area (Å²) in [6.07, 6.45) is -1.67. The average molecular weight is 375 g/mol. The smallest absolute Gasteiger partial charge is 0.416 e. The van der Waals surface area contributed by atoms with Crippen LogP contribution >= 0.6 is 11.8 Å². The van der Waals surface area contributed by atoms with Crippen LogP contribution in [0, 0.1) is 0 Å². The molecule has 1 atom stereocenters. The third kappa shape index (κ3) is 5.39. The molecule has 1 unspecified atom stereocenters. The zero-order chi connectivity index (χ0) is 18.4. The second-order valence-corrected chi connectivity index (χ2v) is 6.80. The van der Waals surface area contributed by atoms with Crippen LogP contribution in [0.4, 0.5) is 13.2 Å². The Morgan fingerprint density at radius 1 is 1.28 bits per heavy atom. The number of ether oxygens (including phenoxy) is 1. The van der Waals surface area contributed by atoms with Crippen molar-refractivity contribution < 1.29 is 27.5 Å². The van der Waals surface area contributed by atoms with E-state index >= 15 is 0 Å². The van der Waals surface area contributed by atoms with E-state index in [0.29, 0.717) is 12.2 Å². The number of rotatable bonds is 7. The molecule has 25 heavy (non-hydrogen) atoms. The van der Waals surface area contributed by atoms with Crippen molar-refractivity contribution in [3.05, 3.63) is 35.4 Å². The molecule has 0 saturated carbocycles. The van der Waals surface area contributed by atoms with E-state index in [0.717, 1.165) is 31.4 Å². The summed E-state index contributed by atoms with van der Waals surface area (Å²) in [5.74, 6) is -0.529. The molecule has 8 heteroatoms. The van der Waals surface area contributed by atoms with Crippen molar-refractivity contribution in [2.75, 3.05) is 18.9 Å². The summed E-state index contributed by atoms with van der Waals surface area (Å²) >= 11 is 1.29. The first-order valence-electron chi connectivity index (χ1n) is 8.06. The predicted octanol–water partition coefficient (Wildman–Crippen LogP) is 4.01. The van der Waals surface area contributed by atoms with Gasteiger partial charge in [-0.3, -0.25) is 9.59 Å². The number of hydrogen-bond acceptors (Lipinski definition) is 4. The van der Waals surface area contributed by atoms with Crippen molar-refractivity contribution in [2.24, 2.45) is 0 Å². The number of unbranched alkanes of at least 4 members (excludes halogenated alkanes) is 2. The zero-order valence-electron chi connectivity index (χ0n) is 13.8. The van der Waals surface area contributed by atoms with Crippen molar-refractivity contribution in [2.45, 2.75) is 37.7 Å². The van der Waals surface area contributed by atoms with Crippen molar-refractivity contribution in [3.8, 4) is 0 Å². The third-order valence-corrected chi connectivity index (χ3v) is 5.06. The van der Waals surface area contributed by atoms with Gasteiger partial charge in [-0.2, -0.15) is 13.2 Å². The molecule has 0 aliphatic carbocycles. The van der Waals surface area contributed by atoms with E-state index in [2.05, 4.69) is 0 Å². The molecule has 0 radical (unpaired) electrons. The first kappa shape index (κ1) is 19.6. The maximum atomic E-state index is 12.6. The Labute approximate surface area is 148 Å². The lowest BCUT2D eigenvalue weighted by molar-refractivity contribution is -0.148. The van der Waals surface area contributed by atoms with Crippen molar-refractivity contribution in [1.82, 2.24) is 4.90 Å². The quantitative estimate of drug-likeness (QED) is 0.534. The molecule has 2 rings (SSSR count). The van der Waals surface area contributed by atoms with Crippen molar-refractivity contribution in [3.63, 3.8) is 0 Å². The number of carbonyl (C=O) groups excluding carboxylic acids is 2. The van der Waals surface area contributed by atoms with Crippen LogP contribution < -0.4 is 0 Å². The van der Waals surface area contributed by atoms with Gasteiger partial charge < -0.3 is 9.64 Å². The van der Waals surface area contributed by atoms with Gasteiger partial charge in [0, 0.05) is 0 Å². The Hall–Kier alpha value is -1.70. The molecular weight excluding hydrogens is 355 g/mol. The largest absolute Gasteiger partial charge is 0.464 e. The van der Waals surface area contributed by atoms with Crippen LogP contribution in [0.25, 0.3) is 0 Å². The monoisotopic (exact) mass is 375 g/mol. The van der Waals surface area contributed by atoms with E-state index in [1.54, 1.807) is 0 Å². The van der Waals surface area contributed by atoms with E-state index in [1.165, 1.54) is 28.8 Å². The molecule has 0 aromatic heterocycles. The molecule has 0 spiro atoms. The highest BCUT2D eigenvalue weighted by atomic mass is 32.2. The maximum Gasteiger partial charge on any atom is 0.416 e. The number of alkyl halides is 3. The number of hydrogen-bond donors (Lipinski definition) is 0. The summed E-state index contributed by atoms with van der Waals surface area (Å²) in [5.41, 5.74) is -0.185. The number of benzene rings is 1. The highest BCUT2D eigenvalue weighted by Gasteiger charge is 2.35. The van der Waals surface area contributed by atoms with E-state index in [9.17, 15) is 22.8 Å². The van der Waals surface area contributed by atoms with Gasteiger partial charge in [-0.05, 0) is 24.1 Å². The van der Waals surface area contributed by atoms with E-state index < -0.39 is 23.1 Å². The summed E-state index contributed by atoms with van der Waals surface area (Å²) in [5, 5.41) is -0.474. The Morgan fingerprint density at radius 3 is 2.56 bits per heavy atom. The summed E-state index contributed by atoms with van der Waals surface area (Å²) in [7, 11) is 0. The molecule has 0 bridgehead atoms. The number of esters is 1. The van der Waals surface area contributed by atoms with E-state index in [1.807, 2.05) is 6.92 Å². The van der Waals surface area contributed by atoms with Crippen LogP contribution in [0.5, 0.6) is 0 Å². The fourth-order valence-electron chi connectivity index (χ4n) is 2.46. The van der Waals surface area contributed by atoms with Gasteiger partial charge in [-0.25, -0.2) is 0 Å². The van der Waals surface area contributed by atoms with Gasteiger partial charge in [-0.15, -0.1) is 11.8 Å². The van der Waals surface area contributed by atoms with Crippen LogP contribution in [0.2, 0.25) is 0 Å². The zero-order valence-corrected chi connectivity index (χ0v) is 14.7. The predicted molar refractivity (Wildman–Crippen MR) is 88.8 cm³/mol. The molecule has 1 fully saturated rings. The maximum absolute atomic E-state index is 12.6. The Balaban J connectivity index is 2.00. The first-order chi connectivity index (χ1) is 11.8. The standard InChI is InChI=1S/C17H20F3NO3S/c1-2-3-4-9-24-15(23)10-21-14(22)11-25-16(21)12-5-7-13(8-6-12)17(18,19)20/h5-8,16H,2-4,9-11H2,1H3. The number of thioether (sulfide) groups is 1. The normalized spacial score (nSPS) is 17.8. The van der Waals surface area contributed by atoms with Crippen LogP contribution in [-0.2, 0) is 20.5 Å². The summed E-state index contributed by atoms with van der Waals surface area (Å²) in [6, 6.07) is 4.66. The molecule has 1 aliphatic rings. The number of halogens is 3. The van der Waals surface area contributed by atoms with Crippen LogP contribution in [0.15, 0.2) is 24.3 Å². The van der Waals surface area contributed by atoms with Gasteiger partial charge in [0.15, 0.2) is 0 Å². The molecule has 1 heterocycles. The Bertz CT molecular complexity index is 604. The van der Waals surface area contributed by atoms with Crippen LogP contribution in [0.1, 0.15) is 42.7 Å². The van der Waals surface area contributed by atoms with Gasteiger partial charge in [-0.1, -0.05) is 31.9 Å². The van der Waals surface area contributed by atoms with E-state index in [-0.39, 0.29) is 18.2 Å². The van der Waals surface area contributed by atoms with Gasteiger partial charge in [0.2, 0.25) is 5.91 Å². The highest BCUT2D eigenvalue weighted by Crippen LogP contribution is 2.39. The van der Waals surface area contributed by atoms with Gasteiger partial charge >= 0.3 is 12.1 Å². The fraction of sp³-hybridized carbons (Fsp3) is 0.529.